The van der Waals surface area contributed by atoms with Crippen molar-refractivity contribution in [1.29, 1.82) is 0 Å². The van der Waals surface area contributed by atoms with E-state index in [9.17, 15) is 22.7 Å². The Hall–Kier alpha value is -3.54. The maximum Gasteiger partial charge on any atom is 0.420 e. The Bertz CT molecular complexity index is 1070. The van der Waals surface area contributed by atoms with E-state index >= 15 is 0 Å². The molecule has 1 saturated heterocycles. The van der Waals surface area contributed by atoms with E-state index in [0.29, 0.717) is 5.82 Å². The lowest BCUT2D eigenvalue weighted by molar-refractivity contribution is -0.267. The molecule has 0 bridgehead atoms. The minimum atomic E-state index is -4.74. The highest BCUT2D eigenvalue weighted by Gasteiger charge is 2.61. The maximum atomic E-state index is 13.2. The number of β-amino-alcohol motifs (C(OH)–C–C–N with tert-alkyl or cyclic N) is 1. The number of hydrogen-bond donors (Lipinski definition) is 3. The zero-order valence-electron chi connectivity index (χ0n) is 16.8. The molecule has 2 aromatic heterocycles. The monoisotopic (exact) mass is 449 g/mol. The van der Waals surface area contributed by atoms with Gasteiger partial charge in [-0.2, -0.15) is 23.1 Å². The molecule has 1 unspecified atom stereocenters. The van der Waals surface area contributed by atoms with Crippen molar-refractivity contribution in [3.63, 3.8) is 0 Å². The second kappa shape index (κ2) is 8.19. The molecule has 4 rings (SSSR count). The van der Waals surface area contributed by atoms with Crippen LogP contribution in [-0.4, -0.2) is 49.9 Å². The highest BCUT2D eigenvalue weighted by atomic mass is 19.4. The van der Waals surface area contributed by atoms with Crippen molar-refractivity contribution in [2.24, 2.45) is 0 Å². The van der Waals surface area contributed by atoms with Crippen molar-refractivity contribution in [3.8, 4) is 0 Å². The van der Waals surface area contributed by atoms with Gasteiger partial charge in [-0.25, -0.2) is 9.37 Å². The highest BCUT2D eigenvalue weighted by Crippen LogP contribution is 2.40. The van der Waals surface area contributed by atoms with E-state index in [2.05, 4.69) is 30.6 Å². The lowest BCUT2D eigenvalue weighted by Gasteiger charge is -2.47. The minimum absolute atomic E-state index is 0.133. The standard InChI is InChI=1S/C20H19F4N7O/c1-12(13-2-4-14(21)5-3-13)27-18-29-15(28-16-9-25-6-7-26-16)8-17(30-18)31-10-19(32,11-31)20(22,23)24/h2-9,12,32H,10-11H2,1H3,(H2,26,27,28,29,30). The van der Waals surface area contributed by atoms with Gasteiger partial charge in [0.1, 0.15) is 23.3 Å². The normalized spacial score (nSPS) is 16.2. The number of halogens is 4. The molecule has 0 radical (unpaired) electrons. The largest absolute Gasteiger partial charge is 0.420 e. The number of benzene rings is 1. The summed E-state index contributed by atoms with van der Waals surface area (Å²) < 4.78 is 52.3. The van der Waals surface area contributed by atoms with E-state index < -0.39 is 24.9 Å². The Labute approximate surface area is 180 Å². The summed E-state index contributed by atoms with van der Waals surface area (Å²) in [6, 6.07) is 6.99. The molecule has 1 aromatic carbocycles. The van der Waals surface area contributed by atoms with Gasteiger partial charge in [0, 0.05) is 18.5 Å². The van der Waals surface area contributed by atoms with Gasteiger partial charge in [0.05, 0.1) is 25.3 Å². The van der Waals surface area contributed by atoms with Crippen LogP contribution in [0.15, 0.2) is 48.9 Å². The zero-order chi connectivity index (χ0) is 22.9. The van der Waals surface area contributed by atoms with E-state index in [1.807, 2.05) is 6.92 Å². The first-order chi connectivity index (χ1) is 15.1. The van der Waals surface area contributed by atoms with Crippen LogP contribution in [0.25, 0.3) is 0 Å². The summed E-state index contributed by atoms with van der Waals surface area (Å²) >= 11 is 0. The zero-order valence-corrected chi connectivity index (χ0v) is 16.8. The molecule has 3 N–H and O–H groups in total. The summed E-state index contributed by atoms with van der Waals surface area (Å²) in [6.45, 7) is 0.515. The Morgan fingerprint density at radius 2 is 1.81 bits per heavy atom. The number of anilines is 4. The van der Waals surface area contributed by atoms with Crippen LogP contribution in [0.5, 0.6) is 0 Å². The predicted octanol–water partition coefficient (Wildman–Crippen LogP) is 3.44. The Morgan fingerprint density at radius 3 is 2.44 bits per heavy atom. The van der Waals surface area contributed by atoms with Gasteiger partial charge in [0.15, 0.2) is 5.60 Å². The van der Waals surface area contributed by atoms with E-state index in [1.165, 1.54) is 41.7 Å². The topological polar surface area (TPSA) is 99.1 Å². The fraction of sp³-hybridized carbons (Fsp3) is 0.300. The number of hydrogen-bond acceptors (Lipinski definition) is 8. The first-order valence-electron chi connectivity index (χ1n) is 9.61. The maximum absolute atomic E-state index is 13.2. The summed E-state index contributed by atoms with van der Waals surface area (Å²) in [7, 11) is 0. The lowest BCUT2D eigenvalue weighted by Crippen LogP contribution is -2.69. The van der Waals surface area contributed by atoms with Crippen LogP contribution in [-0.2, 0) is 0 Å². The summed E-state index contributed by atoms with van der Waals surface area (Å²) in [4.78, 5) is 18.0. The SMILES string of the molecule is CC(Nc1nc(Nc2cnccn2)cc(N2CC(O)(C(F)(F)F)C2)n1)c1ccc(F)cc1. The van der Waals surface area contributed by atoms with Crippen LogP contribution in [0.2, 0.25) is 0 Å². The second-order valence-electron chi connectivity index (χ2n) is 7.45. The first-order valence-corrected chi connectivity index (χ1v) is 9.61. The van der Waals surface area contributed by atoms with E-state index in [4.69, 9.17) is 0 Å². The lowest BCUT2D eigenvalue weighted by atomic mass is 9.93. The van der Waals surface area contributed by atoms with Crippen molar-refractivity contribution in [1.82, 2.24) is 19.9 Å². The number of nitrogens with zero attached hydrogens (tertiary/aromatic N) is 5. The summed E-state index contributed by atoms with van der Waals surface area (Å²) in [5.74, 6) is 0.601. The van der Waals surface area contributed by atoms with Crippen molar-refractivity contribution >= 4 is 23.4 Å². The van der Waals surface area contributed by atoms with Gasteiger partial charge < -0.3 is 20.6 Å². The molecular weight excluding hydrogens is 430 g/mol. The van der Waals surface area contributed by atoms with Crippen LogP contribution < -0.4 is 15.5 Å². The number of rotatable bonds is 6. The van der Waals surface area contributed by atoms with Gasteiger partial charge >= 0.3 is 6.18 Å². The Balaban J connectivity index is 1.59. The number of aromatic nitrogens is 4. The molecule has 1 fully saturated rings. The average molecular weight is 449 g/mol. The molecule has 1 aliphatic heterocycles. The van der Waals surface area contributed by atoms with Crippen LogP contribution in [0.1, 0.15) is 18.5 Å². The molecule has 1 aliphatic rings. The molecule has 168 valence electrons. The fourth-order valence-corrected chi connectivity index (χ4v) is 3.17. The van der Waals surface area contributed by atoms with Crippen LogP contribution in [0, 0.1) is 5.82 Å². The van der Waals surface area contributed by atoms with Gasteiger partial charge in [-0.3, -0.25) is 4.98 Å². The minimum Gasteiger partial charge on any atom is -0.378 e. The third-order valence-corrected chi connectivity index (χ3v) is 5.00. The molecule has 8 nitrogen and oxygen atoms in total. The van der Waals surface area contributed by atoms with Gasteiger partial charge in [-0.05, 0) is 24.6 Å². The van der Waals surface area contributed by atoms with Gasteiger partial charge in [0.25, 0.3) is 0 Å². The average Bonchev–Trinajstić information content (AvgIpc) is 2.71. The molecule has 32 heavy (non-hydrogen) atoms. The number of nitrogens with one attached hydrogen (secondary N) is 2. The molecule has 0 saturated carbocycles. The van der Waals surface area contributed by atoms with Crippen LogP contribution in [0.3, 0.4) is 0 Å². The molecule has 3 heterocycles. The van der Waals surface area contributed by atoms with Crippen molar-refractivity contribution in [2.45, 2.75) is 24.7 Å². The molecule has 0 aliphatic carbocycles. The first kappa shape index (κ1) is 21.7. The Kier molecular flexibility index (Phi) is 5.55. The van der Waals surface area contributed by atoms with Gasteiger partial charge in [0.2, 0.25) is 5.95 Å². The van der Waals surface area contributed by atoms with Gasteiger partial charge in [-0.15, -0.1) is 0 Å². The van der Waals surface area contributed by atoms with Crippen LogP contribution in [0.4, 0.5) is 41.0 Å². The smallest absolute Gasteiger partial charge is 0.378 e. The van der Waals surface area contributed by atoms with E-state index in [-0.39, 0.29) is 29.4 Å². The third kappa shape index (κ3) is 4.54. The van der Waals surface area contributed by atoms with Gasteiger partial charge in [-0.1, -0.05) is 12.1 Å². The van der Waals surface area contributed by atoms with Crippen LogP contribution >= 0.6 is 0 Å². The molecule has 1 atom stereocenters. The summed E-state index contributed by atoms with van der Waals surface area (Å²) in [6.07, 6.45) is -0.317. The van der Waals surface area contributed by atoms with Crippen molar-refractivity contribution in [2.75, 3.05) is 28.6 Å². The highest BCUT2D eigenvalue weighted by molar-refractivity contribution is 5.60. The molecule has 3 aromatic rings. The molecule has 12 heteroatoms. The van der Waals surface area contributed by atoms with Crippen molar-refractivity contribution < 1.29 is 22.7 Å². The van der Waals surface area contributed by atoms with Crippen molar-refractivity contribution in [3.05, 3.63) is 60.3 Å². The second-order valence-corrected chi connectivity index (χ2v) is 7.45. The quantitative estimate of drug-likeness (QED) is 0.493. The fourth-order valence-electron chi connectivity index (χ4n) is 3.17. The molecule has 0 amide bonds. The van der Waals surface area contributed by atoms with E-state index in [1.54, 1.807) is 12.1 Å². The summed E-state index contributed by atoms with van der Waals surface area (Å²) in [5.41, 5.74) is -2.02. The molecule has 0 spiro atoms. The Morgan fingerprint density at radius 1 is 1.09 bits per heavy atom. The predicted molar refractivity (Wildman–Crippen MR) is 109 cm³/mol. The number of aliphatic hydroxyl groups is 1. The third-order valence-electron chi connectivity index (χ3n) is 5.00. The van der Waals surface area contributed by atoms with E-state index in [0.717, 1.165) is 5.56 Å². The number of alkyl halides is 3. The summed E-state index contributed by atoms with van der Waals surface area (Å²) in [5, 5.41) is 15.8. The molecular formula is C20H19F4N7O.